The lowest BCUT2D eigenvalue weighted by atomic mass is 9.96. The van der Waals surface area contributed by atoms with E-state index in [9.17, 15) is 9.59 Å². The molecule has 1 rings (SSSR count). The summed E-state index contributed by atoms with van der Waals surface area (Å²) in [5.41, 5.74) is 0.458. The van der Waals surface area contributed by atoms with Crippen molar-refractivity contribution in [3.8, 4) is 0 Å². The van der Waals surface area contributed by atoms with Gasteiger partial charge in [0, 0.05) is 23.8 Å². The molecule has 0 aliphatic rings. The van der Waals surface area contributed by atoms with Gasteiger partial charge < -0.3 is 10.6 Å². The fourth-order valence-corrected chi connectivity index (χ4v) is 1.85. The van der Waals surface area contributed by atoms with Crippen molar-refractivity contribution in [2.75, 3.05) is 11.9 Å². The Hall–Kier alpha value is -1.43. The van der Waals surface area contributed by atoms with Crippen molar-refractivity contribution in [3.05, 3.63) is 11.1 Å². The van der Waals surface area contributed by atoms with Crippen molar-refractivity contribution < 1.29 is 9.59 Å². The van der Waals surface area contributed by atoms with Crippen molar-refractivity contribution >= 4 is 28.3 Å². The molecule has 5 nitrogen and oxygen atoms in total. The molecule has 100 valence electrons. The number of rotatable bonds is 4. The maximum Gasteiger partial charge on any atom is 0.227 e. The van der Waals surface area contributed by atoms with Gasteiger partial charge in [-0.15, -0.1) is 11.3 Å². The van der Waals surface area contributed by atoms with Crippen LogP contribution in [0, 0.1) is 12.3 Å². The zero-order valence-corrected chi connectivity index (χ0v) is 12.0. The number of nitrogens with one attached hydrogen (secondary N) is 2. The highest BCUT2D eigenvalue weighted by atomic mass is 32.1. The maximum absolute atomic E-state index is 11.6. The van der Waals surface area contributed by atoms with Crippen LogP contribution in [0.5, 0.6) is 0 Å². The lowest BCUT2D eigenvalue weighted by molar-refractivity contribution is -0.128. The average Bonchev–Trinajstić information content (AvgIpc) is 2.62. The smallest absolute Gasteiger partial charge is 0.227 e. The van der Waals surface area contributed by atoms with Crippen molar-refractivity contribution in [1.82, 2.24) is 10.3 Å². The quantitative estimate of drug-likeness (QED) is 0.877. The minimum Gasteiger partial charge on any atom is -0.355 e. The van der Waals surface area contributed by atoms with Crippen LogP contribution in [0.3, 0.4) is 0 Å². The maximum atomic E-state index is 11.6. The van der Waals surface area contributed by atoms with Gasteiger partial charge in [0.15, 0.2) is 5.13 Å². The van der Waals surface area contributed by atoms with E-state index in [-0.39, 0.29) is 18.2 Å². The number of nitrogens with zero attached hydrogens (tertiary/aromatic N) is 1. The van der Waals surface area contributed by atoms with E-state index in [2.05, 4.69) is 15.6 Å². The van der Waals surface area contributed by atoms with Gasteiger partial charge in [0.2, 0.25) is 11.8 Å². The summed E-state index contributed by atoms with van der Waals surface area (Å²) >= 11 is 1.39. The third-order valence-corrected chi connectivity index (χ3v) is 3.06. The second kappa shape index (κ2) is 5.95. The molecule has 0 bridgehead atoms. The molecule has 0 saturated heterocycles. The molecule has 0 saturated carbocycles. The number of aryl methyl sites for hydroxylation is 1. The number of carbonyl (C=O) groups excluding carboxylic acids is 2. The molecule has 0 aromatic carbocycles. The highest BCUT2D eigenvalue weighted by Crippen LogP contribution is 2.14. The zero-order valence-electron chi connectivity index (χ0n) is 11.2. The predicted octanol–water partition coefficient (Wildman–Crippen LogP) is 1.94. The SMILES string of the molecule is Cc1csc(NC(=O)CCNC(=O)C(C)(C)C)n1. The summed E-state index contributed by atoms with van der Waals surface area (Å²) in [5, 5.41) is 7.89. The van der Waals surface area contributed by atoms with Gasteiger partial charge in [-0.25, -0.2) is 4.98 Å². The summed E-state index contributed by atoms with van der Waals surface area (Å²) in [6, 6.07) is 0. The number of thiazole rings is 1. The van der Waals surface area contributed by atoms with Gasteiger partial charge >= 0.3 is 0 Å². The van der Waals surface area contributed by atoms with Gasteiger partial charge in [0.1, 0.15) is 0 Å². The molecule has 0 spiro atoms. The molecule has 0 unspecified atom stereocenters. The summed E-state index contributed by atoms with van der Waals surface area (Å²) in [6.07, 6.45) is 0.250. The van der Waals surface area contributed by atoms with Crippen LogP contribution in [0.2, 0.25) is 0 Å². The molecule has 18 heavy (non-hydrogen) atoms. The van der Waals surface area contributed by atoms with Crippen LogP contribution >= 0.6 is 11.3 Å². The lowest BCUT2D eigenvalue weighted by Crippen LogP contribution is -2.36. The summed E-state index contributed by atoms with van der Waals surface area (Å²) < 4.78 is 0. The van der Waals surface area contributed by atoms with Gasteiger partial charge in [0.25, 0.3) is 0 Å². The first-order chi connectivity index (χ1) is 8.29. The van der Waals surface area contributed by atoms with Crippen LogP contribution in [0.25, 0.3) is 0 Å². The Kier molecular flexibility index (Phi) is 4.84. The average molecular weight is 269 g/mol. The summed E-state index contributed by atoms with van der Waals surface area (Å²) in [6.45, 7) is 7.71. The van der Waals surface area contributed by atoms with Gasteiger partial charge in [0.05, 0.1) is 5.69 Å². The highest BCUT2D eigenvalue weighted by Gasteiger charge is 2.20. The molecule has 2 N–H and O–H groups in total. The van der Waals surface area contributed by atoms with E-state index in [0.717, 1.165) is 5.69 Å². The second-order valence-electron chi connectivity index (χ2n) is 5.10. The Bertz CT molecular complexity index is 435. The lowest BCUT2D eigenvalue weighted by Gasteiger charge is -2.17. The van der Waals surface area contributed by atoms with Crippen molar-refractivity contribution in [2.45, 2.75) is 34.1 Å². The van der Waals surface area contributed by atoms with E-state index in [0.29, 0.717) is 11.7 Å². The molecule has 1 aromatic rings. The minimum atomic E-state index is -0.428. The van der Waals surface area contributed by atoms with Crippen molar-refractivity contribution in [2.24, 2.45) is 5.41 Å². The van der Waals surface area contributed by atoms with Crippen LogP contribution in [0.4, 0.5) is 5.13 Å². The number of carbonyl (C=O) groups is 2. The van der Waals surface area contributed by atoms with E-state index >= 15 is 0 Å². The first-order valence-corrected chi connectivity index (χ1v) is 6.67. The first-order valence-electron chi connectivity index (χ1n) is 5.79. The highest BCUT2D eigenvalue weighted by molar-refractivity contribution is 7.13. The van der Waals surface area contributed by atoms with E-state index in [4.69, 9.17) is 0 Å². The number of hydrogen-bond donors (Lipinski definition) is 2. The van der Waals surface area contributed by atoms with E-state index in [1.165, 1.54) is 11.3 Å². The zero-order chi connectivity index (χ0) is 13.8. The van der Waals surface area contributed by atoms with Gasteiger partial charge in [-0.1, -0.05) is 20.8 Å². The van der Waals surface area contributed by atoms with E-state index < -0.39 is 5.41 Å². The molecule has 0 atom stereocenters. The number of aromatic nitrogens is 1. The van der Waals surface area contributed by atoms with Gasteiger partial charge in [-0.05, 0) is 6.92 Å². The normalized spacial score (nSPS) is 11.1. The topological polar surface area (TPSA) is 71.1 Å². The number of hydrogen-bond acceptors (Lipinski definition) is 4. The monoisotopic (exact) mass is 269 g/mol. The van der Waals surface area contributed by atoms with E-state index in [1.54, 1.807) is 0 Å². The van der Waals surface area contributed by atoms with Crippen LogP contribution in [-0.4, -0.2) is 23.3 Å². The molecular weight excluding hydrogens is 250 g/mol. The Balaban J connectivity index is 2.28. The van der Waals surface area contributed by atoms with Crippen LogP contribution in [0.1, 0.15) is 32.9 Å². The Morgan fingerprint density at radius 2 is 2.06 bits per heavy atom. The largest absolute Gasteiger partial charge is 0.355 e. The number of anilines is 1. The summed E-state index contributed by atoms with van der Waals surface area (Å²) in [5.74, 6) is -0.195. The molecule has 1 aromatic heterocycles. The number of amides is 2. The molecule has 1 heterocycles. The standard InChI is InChI=1S/C12H19N3O2S/c1-8-7-18-11(14-8)15-9(16)5-6-13-10(17)12(2,3)4/h7H,5-6H2,1-4H3,(H,13,17)(H,14,15,16). The van der Waals surface area contributed by atoms with E-state index in [1.807, 2.05) is 33.1 Å². The van der Waals surface area contributed by atoms with Gasteiger partial charge in [-0.2, -0.15) is 0 Å². The Morgan fingerprint density at radius 1 is 1.39 bits per heavy atom. The van der Waals surface area contributed by atoms with Crippen molar-refractivity contribution in [1.29, 1.82) is 0 Å². The fourth-order valence-electron chi connectivity index (χ4n) is 1.15. The molecule has 6 heteroatoms. The summed E-state index contributed by atoms with van der Waals surface area (Å²) in [4.78, 5) is 27.2. The van der Waals surface area contributed by atoms with Crippen LogP contribution in [0.15, 0.2) is 5.38 Å². The van der Waals surface area contributed by atoms with Crippen LogP contribution in [-0.2, 0) is 9.59 Å². The second-order valence-corrected chi connectivity index (χ2v) is 5.96. The molecule has 0 fully saturated rings. The first kappa shape index (κ1) is 14.6. The Labute approximate surface area is 111 Å². The van der Waals surface area contributed by atoms with Crippen LogP contribution < -0.4 is 10.6 Å². The molecule has 0 radical (unpaired) electrons. The predicted molar refractivity (Wildman–Crippen MR) is 72.6 cm³/mol. The van der Waals surface area contributed by atoms with Gasteiger partial charge in [-0.3, -0.25) is 9.59 Å². The van der Waals surface area contributed by atoms with Crippen molar-refractivity contribution in [3.63, 3.8) is 0 Å². The molecule has 0 aliphatic carbocycles. The molecule has 0 aliphatic heterocycles. The molecular formula is C12H19N3O2S. The minimum absolute atomic E-state index is 0.0552. The summed E-state index contributed by atoms with van der Waals surface area (Å²) in [7, 11) is 0. The molecule has 2 amide bonds. The third-order valence-electron chi connectivity index (χ3n) is 2.18. The Morgan fingerprint density at radius 3 is 2.56 bits per heavy atom. The fraction of sp³-hybridized carbons (Fsp3) is 0.583. The third kappa shape index (κ3) is 4.83.